The number of carbonyl (C=O) groups is 2. The Hall–Kier alpha value is -3.17. The number of carbonyl (C=O) groups excluding carboxylic acids is 2. The first-order chi connectivity index (χ1) is 12.8. The van der Waals surface area contributed by atoms with Crippen molar-refractivity contribution >= 4 is 34.8 Å². The molecule has 0 bridgehead atoms. The summed E-state index contributed by atoms with van der Waals surface area (Å²) < 4.78 is 5.09. The fraction of sp³-hybridized carbons (Fsp3) is 0.176. The van der Waals surface area contributed by atoms with E-state index in [2.05, 4.69) is 16.2 Å². The lowest BCUT2D eigenvalue weighted by atomic mass is 10.2. The van der Waals surface area contributed by atoms with E-state index in [0.29, 0.717) is 10.6 Å². The fourth-order valence-electron chi connectivity index (χ4n) is 2.06. The summed E-state index contributed by atoms with van der Waals surface area (Å²) in [5, 5.41) is 13.9. The van der Waals surface area contributed by atoms with Crippen molar-refractivity contribution in [2.75, 3.05) is 12.4 Å². The Balaban J connectivity index is 1.99. The molecule has 0 aromatic heterocycles. The van der Waals surface area contributed by atoms with Gasteiger partial charge in [0.05, 0.1) is 17.7 Å². The largest absolute Gasteiger partial charge is 0.495 e. The molecule has 2 aromatic carbocycles. The average molecular weight is 393 g/mol. The molecule has 0 saturated heterocycles. The number of hydrazine groups is 1. The summed E-state index contributed by atoms with van der Waals surface area (Å²) in [7, 11) is 1.38. The van der Waals surface area contributed by atoms with Gasteiger partial charge in [0.1, 0.15) is 11.8 Å². The molecular formula is C17H17ClN4O5. The number of hydrogen-bond donors (Lipinski definition) is 3. The van der Waals surface area contributed by atoms with Crippen LogP contribution >= 0.6 is 11.6 Å². The predicted octanol–water partition coefficient (Wildman–Crippen LogP) is 2.52. The van der Waals surface area contributed by atoms with Gasteiger partial charge >= 0.3 is 0 Å². The van der Waals surface area contributed by atoms with E-state index in [0.717, 1.165) is 0 Å². The molecule has 27 heavy (non-hydrogen) atoms. The Morgan fingerprint density at radius 1 is 1.19 bits per heavy atom. The Kier molecular flexibility index (Phi) is 6.69. The maximum atomic E-state index is 12.3. The van der Waals surface area contributed by atoms with Crippen LogP contribution in [0, 0.1) is 10.1 Å². The van der Waals surface area contributed by atoms with Gasteiger partial charge in [0.15, 0.2) is 0 Å². The molecule has 9 nitrogen and oxygen atoms in total. The summed E-state index contributed by atoms with van der Waals surface area (Å²) in [4.78, 5) is 34.6. The molecule has 0 unspecified atom stereocenters. The number of amides is 2. The van der Waals surface area contributed by atoms with Crippen molar-refractivity contribution in [1.82, 2.24) is 10.9 Å². The highest BCUT2D eigenvalue weighted by Crippen LogP contribution is 2.28. The van der Waals surface area contributed by atoms with Gasteiger partial charge in [-0.2, -0.15) is 0 Å². The van der Waals surface area contributed by atoms with Crippen molar-refractivity contribution in [2.24, 2.45) is 0 Å². The summed E-state index contributed by atoms with van der Waals surface area (Å²) in [6, 6.07) is 9.23. The van der Waals surface area contributed by atoms with Gasteiger partial charge in [-0.15, -0.1) is 0 Å². The molecule has 0 heterocycles. The number of nitrogens with zero attached hydrogens (tertiary/aromatic N) is 1. The summed E-state index contributed by atoms with van der Waals surface area (Å²) in [5.41, 5.74) is 5.30. The zero-order valence-electron chi connectivity index (χ0n) is 14.5. The van der Waals surface area contributed by atoms with Gasteiger partial charge in [0.2, 0.25) is 5.91 Å². The van der Waals surface area contributed by atoms with E-state index in [1.54, 1.807) is 12.1 Å². The second kappa shape index (κ2) is 8.97. The minimum atomic E-state index is -0.829. The molecule has 2 amide bonds. The first-order valence-corrected chi connectivity index (χ1v) is 8.14. The third kappa shape index (κ3) is 5.40. The third-order valence-corrected chi connectivity index (χ3v) is 3.81. The van der Waals surface area contributed by atoms with Gasteiger partial charge in [-0.3, -0.25) is 25.1 Å². The van der Waals surface area contributed by atoms with Gasteiger partial charge in [0, 0.05) is 22.7 Å². The summed E-state index contributed by atoms with van der Waals surface area (Å²) >= 11 is 5.77. The normalized spacial score (nSPS) is 11.4. The first kappa shape index (κ1) is 20.1. The topological polar surface area (TPSA) is 123 Å². The Morgan fingerprint density at radius 2 is 1.85 bits per heavy atom. The quantitative estimate of drug-likeness (QED) is 0.491. The van der Waals surface area contributed by atoms with Gasteiger partial charge < -0.3 is 10.1 Å². The van der Waals surface area contributed by atoms with Crippen LogP contribution in [0.5, 0.6) is 5.75 Å². The highest BCUT2D eigenvalue weighted by Gasteiger charge is 2.18. The van der Waals surface area contributed by atoms with Crippen molar-refractivity contribution in [2.45, 2.75) is 13.0 Å². The van der Waals surface area contributed by atoms with E-state index in [1.165, 1.54) is 44.4 Å². The van der Waals surface area contributed by atoms with Crippen molar-refractivity contribution in [3.05, 3.63) is 63.2 Å². The number of halogens is 1. The molecule has 2 aromatic rings. The monoisotopic (exact) mass is 392 g/mol. The van der Waals surface area contributed by atoms with Crippen LogP contribution in [-0.4, -0.2) is 29.9 Å². The molecule has 1 atom stereocenters. The van der Waals surface area contributed by atoms with Crippen LogP contribution in [-0.2, 0) is 4.79 Å². The number of ether oxygens (including phenoxy) is 1. The number of nitro groups is 1. The van der Waals surface area contributed by atoms with E-state index in [1.807, 2.05) is 0 Å². The number of hydrogen-bond acceptors (Lipinski definition) is 6. The molecule has 142 valence electrons. The van der Waals surface area contributed by atoms with Gasteiger partial charge in [-0.1, -0.05) is 11.6 Å². The smallest absolute Gasteiger partial charge is 0.271 e. The molecule has 0 aliphatic rings. The van der Waals surface area contributed by atoms with Crippen molar-refractivity contribution < 1.29 is 19.2 Å². The summed E-state index contributed by atoms with van der Waals surface area (Å²) in [6.07, 6.45) is 0. The minimum Gasteiger partial charge on any atom is -0.495 e. The summed E-state index contributed by atoms with van der Waals surface area (Å²) in [6.45, 7) is 1.52. The molecule has 3 N–H and O–H groups in total. The van der Waals surface area contributed by atoms with Crippen LogP contribution in [0.25, 0.3) is 0 Å². The Labute approximate surface area is 159 Å². The highest BCUT2D eigenvalue weighted by atomic mass is 35.5. The number of benzene rings is 2. The number of nitro benzene ring substituents is 1. The predicted molar refractivity (Wildman–Crippen MR) is 99.8 cm³/mol. The Morgan fingerprint density at radius 3 is 2.44 bits per heavy atom. The van der Waals surface area contributed by atoms with Crippen LogP contribution in [0.15, 0.2) is 42.5 Å². The molecular weight excluding hydrogens is 376 g/mol. The van der Waals surface area contributed by atoms with Gasteiger partial charge in [-0.25, -0.2) is 5.43 Å². The van der Waals surface area contributed by atoms with Crippen molar-refractivity contribution in [1.29, 1.82) is 0 Å². The zero-order chi connectivity index (χ0) is 20.0. The van der Waals surface area contributed by atoms with E-state index in [-0.39, 0.29) is 17.1 Å². The lowest BCUT2D eigenvalue weighted by Crippen LogP contribution is -2.48. The standard InChI is InChI=1S/C17H17ClN4O5/c1-10(20-21-17(24)11-3-5-12(18)6-4-11)16(23)19-14-9-13(22(25)26)7-8-15(14)27-2/h3-10,20H,1-2H3,(H,19,23)(H,21,24)/t10-/m0/s1. The van der Waals surface area contributed by atoms with Crippen LogP contribution in [0.1, 0.15) is 17.3 Å². The molecule has 0 saturated carbocycles. The molecule has 2 rings (SSSR count). The van der Waals surface area contributed by atoms with Crippen molar-refractivity contribution in [3.8, 4) is 5.75 Å². The van der Waals surface area contributed by atoms with Crippen LogP contribution in [0.3, 0.4) is 0 Å². The van der Waals surface area contributed by atoms with Crippen LogP contribution < -0.4 is 20.9 Å². The van der Waals surface area contributed by atoms with Gasteiger partial charge in [-0.05, 0) is 37.3 Å². The van der Waals surface area contributed by atoms with E-state index >= 15 is 0 Å². The maximum Gasteiger partial charge on any atom is 0.271 e. The zero-order valence-corrected chi connectivity index (χ0v) is 15.2. The second-order valence-electron chi connectivity index (χ2n) is 5.46. The first-order valence-electron chi connectivity index (χ1n) is 7.76. The second-order valence-corrected chi connectivity index (χ2v) is 5.89. The van der Waals surface area contributed by atoms with Crippen LogP contribution in [0.2, 0.25) is 5.02 Å². The third-order valence-electron chi connectivity index (χ3n) is 3.55. The fourth-order valence-corrected chi connectivity index (χ4v) is 2.19. The maximum absolute atomic E-state index is 12.3. The van der Waals surface area contributed by atoms with E-state index in [9.17, 15) is 19.7 Å². The molecule has 0 aliphatic heterocycles. The Bertz CT molecular complexity index is 857. The molecule has 0 spiro atoms. The van der Waals surface area contributed by atoms with Crippen molar-refractivity contribution in [3.63, 3.8) is 0 Å². The minimum absolute atomic E-state index is 0.148. The highest BCUT2D eigenvalue weighted by molar-refractivity contribution is 6.30. The van der Waals surface area contributed by atoms with Crippen LogP contribution in [0.4, 0.5) is 11.4 Å². The summed E-state index contributed by atoms with van der Waals surface area (Å²) in [5.74, 6) is -0.698. The lowest BCUT2D eigenvalue weighted by Gasteiger charge is -2.16. The number of methoxy groups -OCH3 is 1. The molecule has 0 radical (unpaired) electrons. The number of non-ortho nitro benzene ring substituents is 1. The van der Waals surface area contributed by atoms with Gasteiger partial charge in [0.25, 0.3) is 11.6 Å². The molecule has 10 heteroatoms. The molecule has 0 aliphatic carbocycles. The SMILES string of the molecule is COc1ccc([N+](=O)[O-])cc1NC(=O)[C@H](C)NNC(=O)c1ccc(Cl)cc1. The van der Waals surface area contributed by atoms with E-state index in [4.69, 9.17) is 16.3 Å². The van der Waals surface area contributed by atoms with E-state index < -0.39 is 22.8 Å². The number of anilines is 1. The number of rotatable bonds is 7. The average Bonchev–Trinajstić information content (AvgIpc) is 2.66. The number of nitrogens with one attached hydrogen (secondary N) is 3. The molecule has 0 fully saturated rings. The lowest BCUT2D eigenvalue weighted by molar-refractivity contribution is -0.384.